The summed E-state index contributed by atoms with van der Waals surface area (Å²) >= 11 is 1.47. The zero-order valence-corrected chi connectivity index (χ0v) is 11.2. The molecule has 1 amide bonds. The molecule has 106 valence electrons. The molecule has 1 aliphatic rings. The monoisotopic (exact) mass is 296 g/mol. The smallest absolute Gasteiger partial charge is 0.327 e. The van der Waals surface area contributed by atoms with Gasteiger partial charge in [0.2, 0.25) is 0 Å². The first-order chi connectivity index (χ1) is 9.50. The third kappa shape index (κ3) is 2.90. The van der Waals surface area contributed by atoms with E-state index < -0.39 is 22.8 Å². The van der Waals surface area contributed by atoms with Gasteiger partial charge in [0.25, 0.3) is 11.6 Å². The predicted molar refractivity (Wildman–Crippen MR) is 72.9 cm³/mol. The minimum Gasteiger partial charge on any atom is -0.480 e. The average molecular weight is 296 g/mol. The lowest BCUT2D eigenvalue weighted by molar-refractivity contribution is -0.384. The highest BCUT2D eigenvalue weighted by Gasteiger charge is 2.33. The van der Waals surface area contributed by atoms with E-state index in [1.165, 1.54) is 40.9 Å². The van der Waals surface area contributed by atoms with E-state index in [1.54, 1.807) is 0 Å². The second kappa shape index (κ2) is 5.91. The van der Waals surface area contributed by atoms with E-state index in [0.717, 1.165) is 0 Å². The van der Waals surface area contributed by atoms with Crippen molar-refractivity contribution in [2.24, 2.45) is 0 Å². The Morgan fingerprint density at radius 3 is 2.85 bits per heavy atom. The summed E-state index contributed by atoms with van der Waals surface area (Å²) in [5.74, 6) is -0.558. The number of benzene rings is 1. The Hall–Kier alpha value is -2.09. The van der Waals surface area contributed by atoms with E-state index >= 15 is 0 Å². The number of non-ortho nitro benzene ring substituents is 1. The molecule has 8 heteroatoms. The molecule has 1 fully saturated rings. The van der Waals surface area contributed by atoms with Crippen LogP contribution in [0, 0.1) is 10.1 Å². The molecule has 7 nitrogen and oxygen atoms in total. The number of hydrogen-bond donors (Lipinski definition) is 1. The molecule has 0 saturated carbocycles. The van der Waals surface area contributed by atoms with E-state index in [1.807, 2.05) is 0 Å². The number of amides is 1. The third-order valence-corrected chi connectivity index (χ3v) is 4.00. The number of rotatable bonds is 3. The number of nitrogens with zero attached hydrogens (tertiary/aromatic N) is 2. The summed E-state index contributed by atoms with van der Waals surface area (Å²) in [4.78, 5) is 34.9. The van der Waals surface area contributed by atoms with Gasteiger partial charge in [-0.1, -0.05) is 6.07 Å². The molecule has 1 unspecified atom stereocenters. The van der Waals surface area contributed by atoms with Crippen LogP contribution in [0.3, 0.4) is 0 Å². The summed E-state index contributed by atoms with van der Waals surface area (Å²) in [6.07, 6.45) is 0. The number of hydrogen-bond acceptors (Lipinski definition) is 5. The summed E-state index contributed by atoms with van der Waals surface area (Å²) in [6, 6.07) is 4.44. The maximum Gasteiger partial charge on any atom is 0.327 e. The lowest BCUT2D eigenvalue weighted by Crippen LogP contribution is -2.50. The van der Waals surface area contributed by atoms with Gasteiger partial charge in [-0.15, -0.1) is 0 Å². The van der Waals surface area contributed by atoms with Crippen LogP contribution >= 0.6 is 11.8 Å². The molecule has 1 atom stereocenters. The third-order valence-electron chi connectivity index (χ3n) is 2.98. The van der Waals surface area contributed by atoms with Gasteiger partial charge in [0.1, 0.15) is 6.04 Å². The topological polar surface area (TPSA) is 101 Å². The van der Waals surface area contributed by atoms with Crippen LogP contribution in [0.1, 0.15) is 10.4 Å². The number of carboxylic acid groups (broad SMARTS) is 1. The summed E-state index contributed by atoms with van der Waals surface area (Å²) < 4.78 is 0. The Labute approximate surface area is 118 Å². The summed E-state index contributed by atoms with van der Waals surface area (Å²) in [6.45, 7) is 0.323. The van der Waals surface area contributed by atoms with Crippen LogP contribution in [-0.4, -0.2) is 50.9 Å². The van der Waals surface area contributed by atoms with Crippen molar-refractivity contribution in [2.45, 2.75) is 6.04 Å². The van der Waals surface area contributed by atoms with Crippen molar-refractivity contribution in [3.8, 4) is 0 Å². The van der Waals surface area contributed by atoms with Crippen molar-refractivity contribution in [1.29, 1.82) is 0 Å². The van der Waals surface area contributed by atoms with Gasteiger partial charge in [-0.05, 0) is 6.07 Å². The zero-order chi connectivity index (χ0) is 14.7. The van der Waals surface area contributed by atoms with E-state index in [4.69, 9.17) is 5.11 Å². The van der Waals surface area contributed by atoms with Crippen molar-refractivity contribution in [3.05, 3.63) is 39.9 Å². The summed E-state index contributed by atoms with van der Waals surface area (Å²) in [5.41, 5.74) is -0.0496. The van der Waals surface area contributed by atoms with E-state index in [9.17, 15) is 19.7 Å². The zero-order valence-electron chi connectivity index (χ0n) is 10.4. The number of nitro groups is 1. The highest BCUT2D eigenvalue weighted by Crippen LogP contribution is 2.21. The van der Waals surface area contributed by atoms with Crippen LogP contribution in [-0.2, 0) is 4.79 Å². The summed E-state index contributed by atoms with van der Waals surface area (Å²) in [7, 11) is 0. The predicted octanol–water partition coefficient (Wildman–Crippen LogP) is 1.24. The molecular formula is C12H12N2O5S. The van der Waals surface area contributed by atoms with Gasteiger partial charge in [-0.2, -0.15) is 11.8 Å². The van der Waals surface area contributed by atoms with Crippen molar-refractivity contribution in [1.82, 2.24) is 4.90 Å². The van der Waals surface area contributed by atoms with Crippen molar-refractivity contribution in [2.75, 3.05) is 18.1 Å². The SMILES string of the molecule is O=C(O)C1CSCCN1C(=O)c1cccc([N+](=O)[O-])c1. The van der Waals surface area contributed by atoms with Crippen LogP contribution in [0.25, 0.3) is 0 Å². The van der Waals surface area contributed by atoms with Gasteiger partial charge in [0.05, 0.1) is 4.92 Å². The lowest BCUT2D eigenvalue weighted by atomic mass is 10.1. The van der Waals surface area contributed by atoms with Gasteiger partial charge in [0, 0.05) is 35.7 Å². The van der Waals surface area contributed by atoms with Crippen LogP contribution in [0.5, 0.6) is 0 Å². The molecule has 0 radical (unpaired) electrons. The molecule has 0 aromatic heterocycles. The molecule has 1 aromatic carbocycles. The van der Waals surface area contributed by atoms with Crippen LogP contribution in [0.15, 0.2) is 24.3 Å². The molecule has 1 aliphatic heterocycles. The van der Waals surface area contributed by atoms with Gasteiger partial charge >= 0.3 is 5.97 Å². The Morgan fingerprint density at radius 1 is 1.45 bits per heavy atom. The van der Waals surface area contributed by atoms with Crippen LogP contribution < -0.4 is 0 Å². The number of nitro benzene ring substituents is 1. The van der Waals surface area contributed by atoms with Crippen LogP contribution in [0.4, 0.5) is 5.69 Å². The molecule has 0 spiro atoms. The quantitative estimate of drug-likeness (QED) is 0.665. The first-order valence-electron chi connectivity index (χ1n) is 5.86. The highest BCUT2D eigenvalue weighted by molar-refractivity contribution is 7.99. The number of carbonyl (C=O) groups is 2. The second-order valence-corrected chi connectivity index (χ2v) is 5.38. The Balaban J connectivity index is 2.27. The number of thioether (sulfide) groups is 1. The van der Waals surface area contributed by atoms with Crippen molar-refractivity contribution < 1.29 is 19.6 Å². The lowest BCUT2D eigenvalue weighted by Gasteiger charge is -2.32. The molecule has 0 aliphatic carbocycles. The first-order valence-corrected chi connectivity index (χ1v) is 7.02. The largest absolute Gasteiger partial charge is 0.480 e. The molecule has 1 saturated heterocycles. The van der Waals surface area contributed by atoms with Crippen molar-refractivity contribution in [3.63, 3.8) is 0 Å². The standard InChI is InChI=1S/C12H12N2O5S/c15-11(8-2-1-3-9(6-8)14(18)19)13-4-5-20-7-10(13)12(16)17/h1-3,6,10H,4-5,7H2,(H,16,17). The van der Waals surface area contributed by atoms with Gasteiger partial charge in [-0.3, -0.25) is 14.9 Å². The van der Waals surface area contributed by atoms with E-state index in [0.29, 0.717) is 18.1 Å². The van der Waals surface area contributed by atoms with E-state index in [-0.39, 0.29) is 11.3 Å². The summed E-state index contributed by atoms with van der Waals surface area (Å²) in [5, 5.41) is 19.8. The minimum atomic E-state index is -1.06. The molecule has 1 aromatic rings. The molecule has 1 N–H and O–H groups in total. The molecule has 2 rings (SSSR count). The Morgan fingerprint density at radius 2 is 2.20 bits per heavy atom. The van der Waals surface area contributed by atoms with Gasteiger partial charge in [-0.25, -0.2) is 4.79 Å². The van der Waals surface area contributed by atoms with E-state index in [2.05, 4.69) is 0 Å². The molecular weight excluding hydrogens is 284 g/mol. The highest BCUT2D eigenvalue weighted by atomic mass is 32.2. The fourth-order valence-electron chi connectivity index (χ4n) is 1.97. The number of aliphatic carboxylic acids is 1. The Kier molecular flexibility index (Phi) is 4.23. The normalized spacial score (nSPS) is 18.6. The molecule has 0 bridgehead atoms. The van der Waals surface area contributed by atoms with Crippen LogP contribution in [0.2, 0.25) is 0 Å². The maximum absolute atomic E-state index is 12.3. The molecule has 20 heavy (non-hydrogen) atoms. The fraction of sp³-hybridized carbons (Fsp3) is 0.333. The first kappa shape index (κ1) is 14.3. The maximum atomic E-state index is 12.3. The number of carboxylic acids is 1. The Bertz CT molecular complexity index is 563. The van der Waals surface area contributed by atoms with Gasteiger partial charge < -0.3 is 10.0 Å². The molecule has 1 heterocycles. The van der Waals surface area contributed by atoms with Crippen molar-refractivity contribution >= 4 is 29.3 Å². The van der Waals surface area contributed by atoms with Gasteiger partial charge in [0.15, 0.2) is 0 Å². The average Bonchev–Trinajstić information content (AvgIpc) is 2.46. The fourth-order valence-corrected chi connectivity index (χ4v) is 3.01. The minimum absolute atomic E-state index is 0.136. The second-order valence-electron chi connectivity index (χ2n) is 4.23. The number of carbonyl (C=O) groups excluding carboxylic acids is 1.